The van der Waals surface area contributed by atoms with Gasteiger partial charge in [-0.3, -0.25) is 0 Å². The van der Waals surface area contributed by atoms with Crippen molar-refractivity contribution < 1.29 is 0 Å². The minimum atomic E-state index is 0.351. The maximum Gasteiger partial charge on any atom is 0.0393 e. The fraction of sp³-hybridized carbons (Fsp3) is 0.571. The Morgan fingerprint density at radius 3 is 2.19 bits per heavy atom. The van der Waals surface area contributed by atoms with Crippen LogP contribution in [0.1, 0.15) is 33.3 Å². The summed E-state index contributed by atoms with van der Waals surface area (Å²) in [5.41, 5.74) is 9.80. The Labute approximate surface area is 98.2 Å². The molecule has 0 aliphatic heterocycles. The van der Waals surface area contributed by atoms with Gasteiger partial charge in [0.25, 0.3) is 0 Å². The summed E-state index contributed by atoms with van der Waals surface area (Å²) < 4.78 is 0. The summed E-state index contributed by atoms with van der Waals surface area (Å²) in [6.45, 7) is 11.3. The van der Waals surface area contributed by atoms with E-state index in [0.717, 1.165) is 11.3 Å². The number of benzene rings is 1. The molecule has 0 unspecified atom stereocenters. The fourth-order valence-electron chi connectivity index (χ4n) is 2.52. The van der Waals surface area contributed by atoms with Crippen molar-refractivity contribution in [2.45, 2.75) is 40.7 Å². The maximum absolute atomic E-state index is 5.91. The summed E-state index contributed by atoms with van der Waals surface area (Å²) in [6.07, 6.45) is 0. The van der Waals surface area contributed by atoms with Crippen LogP contribution in [-0.2, 0) is 0 Å². The zero-order chi connectivity index (χ0) is 12.1. The van der Waals surface area contributed by atoms with Gasteiger partial charge in [0.15, 0.2) is 0 Å². The van der Waals surface area contributed by atoms with Crippen molar-refractivity contribution in [1.29, 1.82) is 0 Å². The van der Waals surface area contributed by atoms with E-state index >= 15 is 0 Å². The Morgan fingerprint density at radius 2 is 1.69 bits per heavy atom. The van der Waals surface area contributed by atoms with Gasteiger partial charge in [-0.2, -0.15) is 0 Å². The topological polar surface area (TPSA) is 38.0 Å². The average Bonchev–Trinajstić information content (AvgIpc) is 2.55. The predicted molar refractivity (Wildman–Crippen MR) is 70.6 cm³/mol. The summed E-state index contributed by atoms with van der Waals surface area (Å²) in [5.74, 6) is 0. The first-order chi connectivity index (χ1) is 7.28. The molecule has 1 saturated carbocycles. The van der Waals surface area contributed by atoms with Gasteiger partial charge in [-0.15, -0.1) is 0 Å². The molecule has 0 bridgehead atoms. The third kappa shape index (κ3) is 1.40. The highest BCUT2D eigenvalue weighted by molar-refractivity contribution is 5.64. The van der Waals surface area contributed by atoms with Crippen molar-refractivity contribution in [3.8, 4) is 0 Å². The molecule has 16 heavy (non-hydrogen) atoms. The normalized spacial score (nSPS) is 21.8. The van der Waals surface area contributed by atoms with Gasteiger partial charge >= 0.3 is 0 Å². The van der Waals surface area contributed by atoms with Crippen molar-refractivity contribution in [1.82, 2.24) is 0 Å². The summed E-state index contributed by atoms with van der Waals surface area (Å²) in [7, 11) is 0. The summed E-state index contributed by atoms with van der Waals surface area (Å²) in [4.78, 5) is 0. The Morgan fingerprint density at radius 1 is 1.12 bits per heavy atom. The molecular formula is C14H22N2. The number of nitrogens with one attached hydrogen (secondary N) is 1. The first-order valence-electron chi connectivity index (χ1n) is 5.90. The van der Waals surface area contributed by atoms with E-state index in [-0.39, 0.29) is 0 Å². The van der Waals surface area contributed by atoms with Crippen molar-refractivity contribution in [3.63, 3.8) is 0 Å². The number of nitrogens with two attached hydrogens (primary N) is 1. The average molecular weight is 218 g/mol. The standard InChI is InChI=1S/C14H22N2/c1-9-10(15)7-6-8-11(9)16-12-13(2,3)14(12,4)5/h6-8,12,16H,15H2,1-5H3. The molecule has 0 radical (unpaired) electrons. The molecular weight excluding hydrogens is 196 g/mol. The third-order valence-electron chi connectivity index (χ3n) is 4.70. The number of nitrogen functional groups attached to an aromatic ring is 1. The highest BCUT2D eigenvalue weighted by Crippen LogP contribution is 2.63. The molecule has 0 heterocycles. The first kappa shape index (κ1) is 11.3. The number of hydrogen-bond acceptors (Lipinski definition) is 2. The quantitative estimate of drug-likeness (QED) is 0.746. The minimum Gasteiger partial charge on any atom is -0.398 e. The number of rotatable bonds is 2. The Balaban J connectivity index is 2.21. The molecule has 0 aromatic heterocycles. The van der Waals surface area contributed by atoms with Crippen LogP contribution >= 0.6 is 0 Å². The molecule has 2 nitrogen and oxygen atoms in total. The molecule has 1 aliphatic carbocycles. The molecule has 0 spiro atoms. The molecule has 0 saturated heterocycles. The largest absolute Gasteiger partial charge is 0.398 e. The van der Waals surface area contributed by atoms with Crippen molar-refractivity contribution in [3.05, 3.63) is 23.8 Å². The van der Waals surface area contributed by atoms with Gasteiger partial charge in [0.05, 0.1) is 0 Å². The van der Waals surface area contributed by atoms with Crippen molar-refractivity contribution in [2.24, 2.45) is 10.8 Å². The lowest BCUT2D eigenvalue weighted by molar-refractivity contribution is 0.457. The van der Waals surface area contributed by atoms with Crippen LogP contribution in [0.4, 0.5) is 11.4 Å². The molecule has 2 rings (SSSR count). The van der Waals surface area contributed by atoms with Crippen LogP contribution in [0.5, 0.6) is 0 Å². The van der Waals surface area contributed by atoms with Crippen LogP contribution in [0.15, 0.2) is 18.2 Å². The summed E-state index contributed by atoms with van der Waals surface area (Å²) in [6, 6.07) is 6.59. The Hall–Kier alpha value is -1.18. The molecule has 0 amide bonds. The van der Waals surface area contributed by atoms with E-state index < -0.39 is 0 Å². The van der Waals surface area contributed by atoms with Gasteiger partial charge < -0.3 is 11.1 Å². The Bertz CT molecular complexity index is 405. The fourth-order valence-corrected chi connectivity index (χ4v) is 2.52. The second-order valence-corrected chi connectivity index (χ2v) is 6.04. The van der Waals surface area contributed by atoms with Gasteiger partial charge in [-0.25, -0.2) is 0 Å². The molecule has 1 aromatic rings. The van der Waals surface area contributed by atoms with E-state index in [1.165, 1.54) is 5.69 Å². The van der Waals surface area contributed by atoms with E-state index in [9.17, 15) is 0 Å². The molecule has 1 fully saturated rings. The van der Waals surface area contributed by atoms with Gasteiger partial charge in [-0.1, -0.05) is 33.8 Å². The predicted octanol–water partition coefficient (Wildman–Crippen LogP) is 3.42. The van der Waals surface area contributed by atoms with Gasteiger partial charge in [0.2, 0.25) is 0 Å². The molecule has 88 valence electrons. The summed E-state index contributed by atoms with van der Waals surface area (Å²) in [5, 5.41) is 3.63. The zero-order valence-electron chi connectivity index (χ0n) is 10.9. The number of hydrogen-bond donors (Lipinski definition) is 2. The molecule has 0 atom stereocenters. The van der Waals surface area contributed by atoms with Crippen molar-refractivity contribution >= 4 is 11.4 Å². The lowest BCUT2D eigenvalue weighted by atomic mass is 10.0. The second kappa shape index (κ2) is 3.16. The van der Waals surface area contributed by atoms with E-state index in [2.05, 4.69) is 46.0 Å². The third-order valence-corrected chi connectivity index (χ3v) is 4.70. The SMILES string of the molecule is Cc1c(N)cccc1NC1C(C)(C)C1(C)C. The minimum absolute atomic E-state index is 0.351. The first-order valence-corrected chi connectivity index (χ1v) is 5.90. The lowest BCUT2D eigenvalue weighted by Gasteiger charge is -2.12. The molecule has 3 N–H and O–H groups in total. The van der Waals surface area contributed by atoms with Crippen LogP contribution in [0.3, 0.4) is 0 Å². The van der Waals surface area contributed by atoms with E-state index in [1.807, 2.05) is 12.1 Å². The number of anilines is 2. The lowest BCUT2D eigenvalue weighted by Crippen LogP contribution is -2.11. The van der Waals surface area contributed by atoms with E-state index in [4.69, 9.17) is 5.73 Å². The zero-order valence-corrected chi connectivity index (χ0v) is 10.9. The van der Waals surface area contributed by atoms with Crippen LogP contribution in [-0.4, -0.2) is 6.04 Å². The molecule has 1 aromatic carbocycles. The van der Waals surface area contributed by atoms with Crippen LogP contribution in [0.25, 0.3) is 0 Å². The van der Waals surface area contributed by atoms with Gasteiger partial charge in [0.1, 0.15) is 0 Å². The highest BCUT2D eigenvalue weighted by atomic mass is 15.0. The molecule has 2 heteroatoms. The monoisotopic (exact) mass is 218 g/mol. The highest BCUT2D eigenvalue weighted by Gasteiger charge is 2.64. The van der Waals surface area contributed by atoms with E-state index in [0.29, 0.717) is 16.9 Å². The van der Waals surface area contributed by atoms with Crippen LogP contribution in [0, 0.1) is 17.8 Å². The second-order valence-electron chi connectivity index (χ2n) is 6.04. The smallest absolute Gasteiger partial charge is 0.0393 e. The van der Waals surface area contributed by atoms with Gasteiger partial charge in [-0.05, 0) is 35.4 Å². The Kier molecular flexibility index (Phi) is 2.23. The van der Waals surface area contributed by atoms with Gasteiger partial charge in [0, 0.05) is 17.4 Å². The van der Waals surface area contributed by atoms with Crippen molar-refractivity contribution in [2.75, 3.05) is 11.1 Å². The van der Waals surface area contributed by atoms with Crippen LogP contribution in [0.2, 0.25) is 0 Å². The van der Waals surface area contributed by atoms with E-state index in [1.54, 1.807) is 0 Å². The summed E-state index contributed by atoms with van der Waals surface area (Å²) >= 11 is 0. The maximum atomic E-state index is 5.91. The van der Waals surface area contributed by atoms with Crippen LogP contribution < -0.4 is 11.1 Å². The molecule has 1 aliphatic rings.